The number of nitrogens with one attached hydrogen (secondary N) is 3. The van der Waals surface area contributed by atoms with Crippen LogP contribution in [-0.4, -0.2) is 21.2 Å². The van der Waals surface area contributed by atoms with E-state index in [0.29, 0.717) is 0 Å². The van der Waals surface area contributed by atoms with Crippen LogP contribution in [0.3, 0.4) is 0 Å². The topological polar surface area (TPSA) is 82.7 Å². The van der Waals surface area contributed by atoms with Gasteiger partial charge in [0.1, 0.15) is 6.33 Å². The van der Waals surface area contributed by atoms with Crippen molar-refractivity contribution >= 4 is 17.7 Å². The number of halogens is 3. The lowest BCUT2D eigenvalue weighted by Crippen LogP contribution is -2.20. The third-order valence-corrected chi connectivity index (χ3v) is 2.09. The zero-order valence-electron chi connectivity index (χ0n) is 9.32. The van der Waals surface area contributed by atoms with Crippen LogP contribution in [0.4, 0.5) is 29.6 Å². The Hall–Kier alpha value is -2.58. The molecular formula is C10H8F3N5O. The zero-order chi connectivity index (χ0) is 13.9. The van der Waals surface area contributed by atoms with E-state index in [4.69, 9.17) is 0 Å². The van der Waals surface area contributed by atoms with Crippen molar-refractivity contribution in [2.45, 2.75) is 6.18 Å². The number of rotatable bonds is 2. The maximum absolute atomic E-state index is 12.5. The van der Waals surface area contributed by atoms with Crippen LogP contribution in [0.15, 0.2) is 30.6 Å². The van der Waals surface area contributed by atoms with Crippen molar-refractivity contribution in [2.75, 3.05) is 10.6 Å². The van der Waals surface area contributed by atoms with E-state index in [9.17, 15) is 18.0 Å². The molecule has 6 nitrogen and oxygen atoms in total. The molecule has 1 heterocycles. The molecular weight excluding hydrogens is 263 g/mol. The van der Waals surface area contributed by atoms with Gasteiger partial charge < -0.3 is 5.32 Å². The number of nitrogens with zero attached hydrogens (tertiary/aromatic N) is 2. The smallest absolute Gasteiger partial charge is 0.308 e. The van der Waals surface area contributed by atoms with Crippen molar-refractivity contribution in [3.05, 3.63) is 36.2 Å². The molecule has 9 heteroatoms. The summed E-state index contributed by atoms with van der Waals surface area (Å²) in [7, 11) is 0. The fourth-order valence-electron chi connectivity index (χ4n) is 1.31. The zero-order valence-corrected chi connectivity index (χ0v) is 9.32. The number of amides is 2. The van der Waals surface area contributed by atoms with E-state index >= 15 is 0 Å². The van der Waals surface area contributed by atoms with Gasteiger partial charge in [0.25, 0.3) is 0 Å². The molecule has 0 fully saturated rings. The molecule has 0 aliphatic heterocycles. The van der Waals surface area contributed by atoms with Crippen molar-refractivity contribution in [3.63, 3.8) is 0 Å². The van der Waals surface area contributed by atoms with Gasteiger partial charge in [-0.05, 0) is 18.2 Å². The van der Waals surface area contributed by atoms with E-state index in [1.165, 1.54) is 18.5 Å². The van der Waals surface area contributed by atoms with E-state index < -0.39 is 17.8 Å². The van der Waals surface area contributed by atoms with Crippen molar-refractivity contribution in [1.29, 1.82) is 0 Å². The first-order valence-electron chi connectivity index (χ1n) is 5.06. The molecule has 0 spiro atoms. The minimum absolute atomic E-state index is 0.0202. The highest BCUT2D eigenvalue weighted by Crippen LogP contribution is 2.30. The number of benzene rings is 1. The van der Waals surface area contributed by atoms with Crippen LogP contribution in [0.25, 0.3) is 0 Å². The highest BCUT2D eigenvalue weighted by Gasteiger charge is 2.30. The number of carbonyl (C=O) groups is 1. The molecule has 1 aromatic heterocycles. The van der Waals surface area contributed by atoms with Crippen LogP contribution in [0.5, 0.6) is 0 Å². The molecule has 1 aromatic carbocycles. The van der Waals surface area contributed by atoms with Crippen LogP contribution in [0.1, 0.15) is 5.56 Å². The molecule has 0 saturated heterocycles. The van der Waals surface area contributed by atoms with Crippen LogP contribution in [0, 0.1) is 0 Å². The van der Waals surface area contributed by atoms with Crippen LogP contribution < -0.4 is 10.6 Å². The summed E-state index contributed by atoms with van der Waals surface area (Å²) in [6.07, 6.45) is -3.28. The van der Waals surface area contributed by atoms with Gasteiger partial charge in [0.2, 0.25) is 5.95 Å². The Labute approximate surface area is 105 Å². The first-order valence-corrected chi connectivity index (χ1v) is 5.06. The summed E-state index contributed by atoms with van der Waals surface area (Å²) < 4.78 is 37.4. The second-order valence-corrected chi connectivity index (χ2v) is 3.49. The summed E-state index contributed by atoms with van der Waals surface area (Å²) in [5, 5.41) is 10.4. The monoisotopic (exact) mass is 271 g/mol. The van der Waals surface area contributed by atoms with Gasteiger partial charge in [0, 0.05) is 5.69 Å². The number of alkyl halides is 3. The lowest BCUT2D eigenvalue weighted by molar-refractivity contribution is -0.137. The molecule has 0 atom stereocenters. The molecule has 0 aliphatic rings. The second-order valence-electron chi connectivity index (χ2n) is 3.49. The lowest BCUT2D eigenvalue weighted by Gasteiger charge is -2.09. The van der Waals surface area contributed by atoms with E-state index in [2.05, 4.69) is 25.8 Å². The molecule has 0 bridgehead atoms. The molecule has 2 amide bonds. The third kappa shape index (κ3) is 3.44. The molecule has 3 N–H and O–H groups in total. The number of hydrogen-bond acceptors (Lipinski definition) is 3. The number of hydrogen-bond donors (Lipinski definition) is 3. The quantitative estimate of drug-likeness (QED) is 0.784. The van der Waals surface area contributed by atoms with Gasteiger partial charge >= 0.3 is 12.2 Å². The maximum atomic E-state index is 12.5. The van der Waals surface area contributed by atoms with Gasteiger partial charge in [-0.25, -0.2) is 9.89 Å². The number of anilines is 2. The lowest BCUT2D eigenvalue weighted by atomic mass is 10.2. The highest BCUT2D eigenvalue weighted by atomic mass is 19.4. The third-order valence-electron chi connectivity index (χ3n) is 2.09. The van der Waals surface area contributed by atoms with E-state index in [0.717, 1.165) is 12.1 Å². The Morgan fingerprint density at radius 3 is 2.68 bits per heavy atom. The van der Waals surface area contributed by atoms with Crippen molar-refractivity contribution in [3.8, 4) is 0 Å². The largest absolute Gasteiger partial charge is 0.416 e. The normalized spacial score (nSPS) is 11.1. The van der Waals surface area contributed by atoms with Gasteiger partial charge in [0.05, 0.1) is 5.56 Å². The van der Waals surface area contributed by atoms with Crippen molar-refractivity contribution in [1.82, 2.24) is 15.2 Å². The average molecular weight is 271 g/mol. The van der Waals surface area contributed by atoms with E-state index in [1.54, 1.807) is 0 Å². The predicted octanol–water partition coefficient (Wildman–Crippen LogP) is 2.47. The molecule has 19 heavy (non-hydrogen) atoms. The average Bonchev–Trinajstić information content (AvgIpc) is 2.80. The van der Waals surface area contributed by atoms with Crippen molar-refractivity contribution in [2.24, 2.45) is 0 Å². The Kier molecular flexibility index (Phi) is 3.36. The van der Waals surface area contributed by atoms with Crippen molar-refractivity contribution < 1.29 is 18.0 Å². The minimum Gasteiger partial charge on any atom is -0.308 e. The van der Waals surface area contributed by atoms with Gasteiger partial charge in [0.15, 0.2) is 0 Å². The molecule has 0 unspecified atom stereocenters. The molecule has 0 radical (unpaired) electrons. The van der Waals surface area contributed by atoms with Crippen LogP contribution >= 0.6 is 0 Å². The molecule has 0 aliphatic carbocycles. The molecule has 0 saturated carbocycles. The van der Waals surface area contributed by atoms with Gasteiger partial charge in [-0.15, -0.1) is 0 Å². The summed E-state index contributed by atoms with van der Waals surface area (Å²) in [5.74, 6) is 0.0875. The summed E-state index contributed by atoms with van der Waals surface area (Å²) in [4.78, 5) is 15.1. The van der Waals surface area contributed by atoms with Crippen LogP contribution in [0.2, 0.25) is 0 Å². The SMILES string of the molecule is O=C(Nc1cccc(C(F)(F)F)c1)Nc1ncn[nH]1. The first kappa shape index (κ1) is 12.9. The summed E-state index contributed by atoms with van der Waals surface area (Å²) in [6, 6.07) is 3.57. The number of aromatic nitrogens is 3. The number of H-pyrrole nitrogens is 1. The summed E-state index contributed by atoms with van der Waals surface area (Å²) in [5.41, 5.74) is -0.822. The molecule has 2 aromatic rings. The summed E-state index contributed by atoms with van der Waals surface area (Å²) >= 11 is 0. The van der Waals surface area contributed by atoms with Gasteiger partial charge in [-0.2, -0.15) is 23.3 Å². The van der Waals surface area contributed by atoms with E-state index in [-0.39, 0.29) is 11.6 Å². The highest BCUT2D eigenvalue weighted by molar-refractivity contribution is 5.98. The Balaban J connectivity index is 2.05. The van der Waals surface area contributed by atoms with Crippen LogP contribution in [-0.2, 0) is 6.18 Å². The molecule has 100 valence electrons. The summed E-state index contributed by atoms with van der Waals surface area (Å²) in [6.45, 7) is 0. The predicted molar refractivity (Wildman–Crippen MR) is 60.5 cm³/mol. The van der Waals surface area contributed by atoms with Gasteiger partial charge in [-0.1, -0.05) is 6.07 Å². The standard InChI is InChI=1S/C10H8F3N5O/c11-10(12,13)6-2-1-3-7(4-6)16-9(19)17-8-14-5-15-18-8/h1-5H,(H3,14,15,16,17,18,19). The Morgan fingerprint density at radius 2 is 2.05 bits per heavy atom. The second kappa shape index (κ2) is 4.96. The maximum Gasteiger partial charge on any atom is 0.416 e. The minimum atomic E-state index is -4.46. The Morgan fingerprint density at radius 1 is 1.26 bits per heavy atom. The Bertz CT molecular complexity index is 567. The number of urea groups is 1. The number of carbonyl (C=O) groups excluding carboxylic acids is 1. The number of aromatic amines is 1. The fraction of sp³-hybridized carbons (Fsp3) is 0.100. The molecule has 2 rings (SSSR count). The van der Waals surface area contributed by atoms with E-state index in [1.807, 2.05) is 0 Å². The van der Waals surface area contributed by atoms with Gasteiger partial charge in [-0.3, -0.25) is 5.32 Å². The first-order chi connectivity index (χ1) is 8.95. The fourth-order valence-corrected chi connectivity index (χ4v) is 1.31.